The lowest BCUT2D eigenvalue weighted by atomic mass is 10.8. The second-order valence-electron chi connectivity index (χ2n) is 1.13. The standard InChI is InChI=1S/C3H7F2NOS/c4-3(5)8(7)2-1-6/h3H,1-2,6H2. The van der Waals surface area contributed by atoms with Crippen LogP contribution in [0.25, 0.3) is 0 Å². The van der Waals surface area contributed by atoms with Crippen molar-refractivity contribution in [2.24, 2.45) is 5.73 Å². The van der Waals surface area contributed by atoms with E-state index in [9.17, 15) is 13.0 Å². The summed E-state index contributed by atoms with van der Waals surface area (Å²) in [5.74, 6) is -2.85. The van der Waals surface area contributed by atoms with E-state index in [0.717, 1.165) is 0 Å². The quantitative estimate of drug-likeness (QED) is 0.600. The Morgan fingerprint density at radius 1 is 1.62 bits per heavy atom. The van der Waals surface area contributed by atoms with Gasteiger partial charge in [0.05, 0.1) is 10.8 Å². The van der Waals surface area contributed by atoms with Gasteiger partial charge in [0, 0.05) is 12.3 Å². The van der Waals surface area contributed by atoms with Crippen molar-refractivity contribution in [2.45, 2.75) is 5.76 Å². The Hall–Kier alpha value is -0.0300. The number of hydrogen-bond donors (Lipinski definition) is 1. The molecule has 0 amide bonds. The van der Waals surface area contributed by atoms with Gasteiger partial charge < -0.3 is 5.73 Å². The molecule has 1 atom stereocenters. The van der Waals surface area contributed by atoms with Crippen LogP contribution in [0.3, 0.4) is 0 Å². The van der Waals surface area contributed by atoms with E-state index in [-0.39, 0.29) is 12.3 Å². The molecule has 0 bridgehead atoms. The van der Waals surface area contributed by atoms with E-state index >= 15 is 0 Å². The highest BCUT2D eigenvalue weighted by molar-refractivity contribution is 7.85. The highest BCUT2D eigenvalue weighted by Crippen LogP contribution is 1.97. The van der Waals surface area contributed by atoms with Crippen molar-refractivity contribution >= 4 is 10.8 Å². The summed E-state index contributed by atoms with van der Waals surface area (Å²) in [6.45, 7) is 0.0525. The molecule has 0 radical (unpaired) electrons. The zero-order chi connectivity index (χ0) is 6.57. The maximum atomic E-state index is 11.3. The zero-order valence-corrected chi connectivity index (χ0v) is 4.96. The average Bonchev–Trinajstić information content (AvgIpc) is 1.67. The van der Waals surface area contributed by atoms with E-state index in [1.165, 1.54) is 0 Å². The minimum atomic E-state index is -2.74. The van der Waals surface area contributed by atoms with Gasteiger partial charge in [0.2, 0.25) is 0 Å². The van der Waals surface area contributed by atoms with Crippen LogP contribution >= 0.6 is 0 Å². The van der Waals surface area contributed by atoms with Crippen LogP contribution in [0.2, 0.25) is 0 Å². The molecule has 0 aromatic carbocycles. The molecule has 50 valence electrons. The van der Waals surface area contributed by atoms with Gasteiger partial charge in [-0.15, -0.1) is 0 Å². The lowest BCUT2D eigenvalue weighted by molar-refractivity contribution is 0.244. The van der Waals surface area contributed by atoms with Crippen LogP contribution in [0, 0.1) is 0 Å². The Kier molecular flexibility index (Phi) is 3.90. The van der Waals surface area contributed by atoms with Gasteiger partial charge in [-0.2, -0.15) is 8.78 Å². The van der Waals surface area contributed by atoms with Crippen molar-refractivity contribution in [3.63, 3.8) is 0 Å². The molecule has 8 heavy (non-hydrogen) atoms. The van der Waals surface area contributed by atoms with E-state index in [4.69, 9.17) is 5.73 Å². The molecule has 2 N–H and O–H groups in total. The molecule has 0 aliphatic rings. The Bertz CT molecular complexity index is 87.4. The Balaban J connectivity index is 3.33. The molecule has 0 rings (SSSR count). The maximum absolute atomic E-state index is 11.3. The molecular formula is C3H7F2NOS. The lowest BCUT2D eigenvalue weighted by Crippen LogP contribution is -2.14. The first-order valence-corrected chi connectivity index (χ1v) is 3.42. The first-order chi connectivity index (χ1) is 3.68. The summed E-state index contributed by atoms with van der Waals surface area (Å²) < 4.78 is 32.5. The third kappa shape index (κ3) is 3.04. The summed E-state index contributed by atoms with van der Waals surface area (Å²) >= 11 is 0. The second kappa shape index (κ2) is 3.91. The van der Waals surface area contributed by atoms with Gasteiger partial charge in [-0.05, 0) is 0 Å². The van der Waals surface area contributed by atoms with Crippen LogP contribution in [0.15, 0.2) is 0 Å². The van der Waals surface area contributed by atoms with Crippen LogP contribution in [0.5, 0.6) is 0 Å². The zero-order valence-electron chi connectivity index (χ0n) is 4.14. The van der Waals surface area contributed by atoms with Gasteiger partial charge in [-0.1, -0.05) is 0 Å². The van der Waals surface area contributed by atoms with Crippen molar-refractivity contribution in [1.82, 2.24) is 0 Å². The molecule has 0 aromatic rings. The van der Waals surface area contributed by atoms with Crippen LogP contribution in [-0.4, -0.2) is 22.3 Å². The largest absolute Gasteiger partial charge is 0.330 e. The van der Waals surface area contributed by atoms with Gasteiger partial charge in [-0.25, -0.2) is 0 Å². The van der Waals surface area contributed by atoms with Crippen LogP contribution < -0.4 is 5.73 Å². The van der Waals surface area contributed by atoms with Crippen molar-refractivity contribution < 1.29 is 13.0 Å². The van der Waals surface area contributed by atoms with Crippen molar-refractivity contribution in [1.29, 1.82) is 0 Å². The average molecular weight is 143 g/mol. The van der Waals surface area contributed by atoms with Crippen LogP contribution in [-0.2, 0) is 10.8 Å². The van der Waals surface area contributed by atoms with E-state index in [1.807, 2.05) is 0 Å². The Labute approximate surface area is 48.5 Å². The predicted molar refractivity (Wildman–Crippen MR) is 28.1 cm³/mol. The van der Waals surface area contributed by atoms with Crippen LogP contribution in [0.4, 0.5) is 8.78 Å². The monoisotopic (exact) mass is 143 g/mol. The lowest BCUT2D eigenvalue weighted by Gasteiger charge is -1.94. The molecule has 0 aliphatic heterocycles. The molecule has 0 aromatic heterocycles. The fraction of sp³-hybridized carbons (Fsp3) is 1.00. The van der Waals surface area contributed by atoms with Crippen LogP contribution in [0.1, 0.15) is 0 Å². The molecule has 0 heterocycles. The summed E-state index contributed by atoms with van der Waals surface area (Å²) in [5.41, 5.74) is 4.84. The van der Waals surface area contributed by atoms with E-state index < -0.39 is 16.6 Å². The van der Waals surface area contributed by atoms with Gasteiger partial charge in [0.15, 0.2) is 0 Å². The first kappa shape index (κ1) is 7.97. The summed E-state index contributed by atoms with van der Waals surface area (Å²) in [4.78, 5) is 0. The number of nitrogens with two attached hydrogens (primary N) is 1. The number of halogens is 2. The number of hydrogen-bond acceptors (Lipinski definition) is 2. The molecule has 1 unspecified atom stereocenters. The highest BCUT2D eigenvalue weighted by Gasteiger charge is 2.10. The third-order valence-corrected chi connectivity index (χ3v) is 1.55. The number of rotatable bonds is 3. The number of alkyl halides is 2. The summed E-state index contributed by atoms with van der Waals surface area (Å²) in [5, 5.41) is 0. The van der Waals surface area contributed by atoms with Crippen molar-refractivity contribution in [2.75, 3.05) is 12.3 Å². The third-order valence-electron chi connectivity index (χ3n) is 0.518. The molecule has 0 fully saturated rings. The van der Waals surface area contributed by atoms with Gasteiger partial charge in [-0.3, -0.25) is 4.21 Å². The maximum Gasteiger partial charge on any atom is 0.311 e. The minimum Gasteiger partial charge on any atom is -0.330 e. The fourth-order valence-electron chi connectivity index (χ4n) is 0.205. The smallest absolute Gasteiger partial charge is 0.311 e. The summed E-state index contributed by atoms with van der Waals surface area (Å²) in [6, 6.07) is 0. The molecule has 0 aliphatic carbocycles. The molecule has 2 nitrogen and oxygen atoms in total. The molecule has 5 heteroatoms. The Morgan fingerprint density at radius 2 is 2.12 bits per heavy atom. The molecular weight excluding hydrogens is 136 g/mol. The fourth-order valence-corrected chi connectivity index (χ4v) is 0.616. The van der Waals surface area contributed by atoms with Gasteiger partial charge >= 0.3 is 5.76 Å². The summed E-state index contributed by atoms with van der Waals surface area (Å²) in [6.07, 6.45) is 0. The van der Waals surface area contributed by atoms with Crippen molar-refractivity contribution in [3.8, 4) is 0 Å². The first-order valence-electron chi connectivity index (χ1n) is 2.04. The second-order valence-corrected chi connectivity index (χ2v) is 2.66. The van der Waals surface area contributed by atoms with Crippen molar-refractivity contribution in [3.05, 3.63) is 0 Å². The normalized spacial score (nSPS) is 14.5. The van der Waals surface area contributed by atoms with E-state index in [0.29, 0.717) is 0 Å². The minimum absolute atomic E-state index is 0.0525. The SMILES string of the molecule is NCCS(=O)C(F)F. The molecule has 0 spiro atoms. The van der Waals surface area contributed by atoms with E-state index in [2.05, 4.69) is 0 Å². The van der Waals surface area contributed by atoms with E-state index in [1.54, 1.807) is 0 Å². The topological polar surface area (TPSA) is 43.1 Å². The molecule has 0 saturated heterocycles. The van der Waals surface area contributed by atoms with Gasteiger partial charge in [0.1, 0.15) is 0 Å². The predicted octanol–water partition coefficient (Wildman–Crippen LogP) is -0.0836. The van der Waals surface area contributed by atoms with Gasteiger partial charge in [0.25, 0.3) is 0 Å². The Morgan fingerprint density at radius 3 is 2.25 bits per heavy atom. The molecule has 0 saturated carbocycles. The summed E-state index contributed by atoms with van der Waals surface area (Å²) in [7, 11) is -2.03. The highest BCUT2D eigenvalue weighted by atomic mass is 32.2.